The fourth-order valence-electron chi connectivity index (χ4n) is 4.88. The van der Waals surface area contributed by atoms with E-state index in [0.717, 1.165) is 31.4 Å². The molecule has 0 fully saturated rings. The molecule has 0 radical (unpaired) electrons. The molecule has 1 aromatic heterocycles. The van der Waals surface area contributed by atoms with Crippen molar-refractivity contribution in [3.8, 4) is 11.4 Å². The van der Waals surface area contributed by atoms with Crippen LogP contribution in [0.25, 0.3) is 16.6 Å². The summed E-state index contributed by atoms with van der Waals surface area (Å²) in [6, 6.07) is 14.5. The fourth-order valence-corrected chi connectivity index (χ4v) is 4.88. The number of rotatable bonds is 16. The second kappa shape index (κ2) is 15.3. The number of carbonyl (C=O) groups is 1. The Kier molecular flexibility index (Phi) is 11.8. The summed E-state index contributed by atoms with van der Waals surface area (Å²) in [4.78, 5) is 34.4. The first kappa shape index (κ1) is 29.4. The summed E-state index contributed by atoms with van der Waals surface area (Å²) in [5, 5.41) is 0.549. The SMILES string of the molecule is CCCCCCCC(=O)N(CCCOC)C(CC)c1nc2ccccc2c(=O)n1-c1ccc(OCC)cc1. The van der Waals surface area contributed by atoms with E-state index in [1.54, 1.807) is 17.7 Å². The van der Waals surface area contributed by atoms with Crippen molar-refractivity contribution in [1.82, 2.24) is 14.5 Å². The van der Waals surface area contributed by atoms with E-state index in [0.29, 0.717) is 55.0 Å². The molecular weight excluding hydrogens is 478 g/mol. The highest BCUT2D eigenvalue weighted by atomic mass is 16.5. The van der Waals surface area contributed by atoms with Crippen LogP contribution in [-0.4, -0.2) is 47.2 Å². The summed E-state index contributed by atoms with van der Waals surface area (Å²) in [6.07, 6.45) is 7.28. The molecule has 0 aliphatic heterocycles. The number of para-hydroxylation sites is 1. The number of aromatic nitrogens is 2. The molecule has 1 amide bonds. The number of benzene rings is 2. The van der Waals surface area contributed by atoms with Crippen LogP contribution < -0.4 is 10.3 Å². The molecule has 7 nitrogen and oxygen atoms in total. The minimum absolute atomic E-state index is 0.102. The lowest BCUT2D eigenvalue weighted by molar-refractivity contribution is -0.134. The quantitative estimate of drug-likeness (QED) is 0.202. The monoisotopic (exact) mass is 521 g/mol. The Morgan fingerprint density at radius 1 is 0.974 bits per heavy atom. The van der Waals surface area contributed by atoms with Crippen LogP contribution in [0.15, 0.2) is 53.3 Å². The minimum atomic E-state index is -0.348. The molecule has 3 aromatic rings. The average molecular weight is 522 g/mol. The smallest absolute Gasteiger partial charge is 0.266 e. The first-order valence-electron chi connectivity index (χ1n) is 14.1. The van der Waals surface area contributed by atoms with Crippen LogP contribution >= 0.6 is 0 Å². The van der Waals surface area contributed by atoms with Gasteiger partial charge in [-0.15, -0.1) is 0 Å². The highest BCUT2D eigenvalue weighted by molar-refractivity contribution is 5.79. The summed E-state index contributed by atoms with van der Waals surface area (Å²) in [6.45, 7) is 7.85. The maximum Gasteiger partial charge on any atom is 0.266 e. The van der Waals surface area contributed by atoms with Crippen LogP contribution in [0.2, 0.25) is 0 Å². The number of ether oxygens (including phenoxy) is 2. The Labute approximate surface area is 226 Å². The number of unbranched alkanes of at least 4 members (excludes halogenated alkanes) is 4. The van der Waals surface area contributed by atoms with Crippen LogP contribution in [-0.2, 0) is 9.53 Å². The topological polar surface area (TPSA) is 73.7 Å². The molecule has 0 saturated carbocycles. The van der Waals surface area contributed by atoms with Crippen molar-refractivity contribution in [3.63, 3.8) is 0 Å². The average Bonchev–Trinajstić information content (AvgIpc) is 2.93. The summed E-state index contributed by atoms with van der Waals surface area (Å²) < 4.78 is 12.6. The highest BCUT2D eigenvalue weighted by Crippen LogP contribution is 2.28. The predicted octanol–water partition coefficient (Wildman–Crippen LogP) is 6.46. The minimum Gasteiger partial charge on any atom is -0.494 e. The summed E-state index contributed by atoms with van der Waals surface area (Å²) in [7, 11) is 1.67. The van der Waals surface area contributed by atoms with Crippen LogP contribution in [0.5, 0.6) is 5.75 Å². The van der Waals surface area contributed by atoms with E-state index in [9.17, 15) is 9.59 Å². The Morgan fingerprint density at radius 3 is 2.39 bits per heavy atom. The molecule has 2 aromatic carbocycles. The van der Waals surface area contributed by atoms with Gasteiger partial charge in [-0.3, -0.25) is 14.2 Å². The van der Waals surface area contributed by atoms with Crippen LogP contribution in [0.1, 0.15) is 84.0 Å². The summed E-state index contributed by atoms with van der Waals surface area (Å²) in [5.41, 5.74) is 1.20. The number of methoxy groups -OCH3 is 1. The zero-order chi connectivity index (χ0) is 27.3. The number of hydrogen-bond acceptors (Lipinski definition) is 5. The third-order valence-electron chi connectivity index (χ3n) is 6.83. The van der Waals surface area contributed by atoms with E-state index < -0.39 is 0 Å². The lowest BCUT2D eigenvalue weighted by Crippen LogP contribution is -2.39. The molecule has 7 heteroatoms. The third-order valence-corrected chi connectivity index (χ3v) is 6.83. The van der Waals surface area contributed by atoms with E-state index in [1.165, 1.54) is 12.8 Å². The van der Waals surface area contributed by atoms with Gasteiger partial charge in [-0.1, -0.05) is 51.7 Å². The van der Waals surface area contributed by atoms with Crippen molar-refractivity contribution in [2.45, 2.75) is 78.2 Å². The van der Waals surface area contributed by atoms with E-state index in [4.69, 9.17) is 14.5 Å². The first-order valence-corrected chi connectivity index (χ1v) is 14.1. The molecule has 1 heterocycles. The maximum atomic E-state index is 13.9. The van der Waals surface area contributed by atoms with E-state index >= 15 is 0 Å². The van der Waals surface area contributed by atoms with Gasteiger partial charge in [0.2, 0.25) is 5.91 Å². The van der Waals surface area contributed by atoms with Gasteiger partial charge in [0.15, 0.2) is 0 Å². The van der Waals surface area contributed by atoms with Gasteiger partial charge in [-0.2, -0.15) is 0 Å². The molecule has 0 aliphatic carbocycles. The first-order chi connectivity index (χ1) is 18.5. The summed E-state index contributed by atoms with van der Waals surface area (Å²) in [5.74, 6) is 1.42. The third kappa shape index (κ3) is 7.44. The van der Waals surface area contributed by atoms with Crippen molar-refractivity contribution in [2.24, 2.45) is 0 Å². The lowest BCUT2D eigenvalue weighted by atomic mass is 10.1. The van der Waals surface area contributed by atoms with E-state index in [1.807, 2.05) is 61.2 Å². The van der Waals surface area contributed by atoms with E-state index in [2.05, 4.69) is 6.92 Å². The maximum absolute atomic E-state index is 13.9. The van der Waals surface area contributed by atoms with Crippen molar-refractivity contribution in [1.29, 1.82) is 0 Å². The number of nitrogens with zero attached hydrogens (tertiary/aromatic N) is 3. The number of carbonyl (C=O) groups excluding carboxylic acids is 1. The molecular formula is C31H43N3O4. The zero-order valence-electron chi connectivity index (χ0n) is 23.4. The molecule has 0 N–H and O–H groups in total. The number of fused-ring (bicyclic) bond motifs is 1. The van der Waals surface area contributed by atoms with Gasteiger partial charge in [0.1, 0.15) is 11.6 Å². The molecule has 0 spiro atoms. The normalized spacial score (nSPS) is 12.0. The lowest BCUT2D eigenvalue weighted by Gasteiger charge is -2.32. The van der Waals surface area contributed by atoms with Crippen molar-refractivity contribution < 1.29 is 14.3 Å². The molecule has 38 heavy (non-hydrogen) atoms. The Balaban J connectivity index is 2.07. The molecule has 0 aliphatic rings. The van der Waals surface area contributed by atoms with Gasteiger partial charge >= 0.3 is 0 Å². The van der Waals surface area contributed by atoms with Gasteiger partial charge < -0.3 is 14.4 Å². The number of amides is 1. The molecule has 0 saturated heterocycles. The Morgan fingerprint density at radius 2 is 1.71 bits per heavy atom. The van der Waals surface area contributed by atoms with Gasteiger partial charge in [0.05, 0.1) is 29.2 Å². The molecule has 3 rings (SSSR count). The van der Waals surface area contributed by atoms with Crippen LogP contribution in [0, 0.1) is 0 Å². The molecule has 1 atom stereocenters. The van der Waals surface area contributed by atoms with Crippen molar-refractivity contribution in [2.75, 3.05) is 26.9 Å². The fraction of sp³-hybridized carbons (Fsp3) is 0.516. The second-order valence-electron chi connectivity index (χ2n) is 9.58. The van der Waals surface area contributed by atoms with Gasteiger partial charge in [0, 0.05) is 26.7 Å². The van der Waals surface area contributed by atoms with E-state index in [-0.39, 0.29) is 17.5 Å². The zero-order valence-corrected chi connectivity index (χ0v) is 23.4. The predicted molar refractivity (Wildman–Crippen MR) is 153 cm³/mol. The Bertz CT molecular complexity index is 1210. The largest absolute Gasteiger partial charge is 0.494 e. The van der Waals surface area contributed by atoms with Crippen LogP contribution in [0.3, 0.4) is 0 Å². The van der Waals surface area contributed by atoms with Crippen molar-refractivity contribution >= 4 is 16.8 Å². The Hall–Kier alpha value is -3.19. The second-order valence-corrected chi connectivity index (χ2v) is 9.58. The number of hydrogen-bond donors (Lipinski definition) is 0. The van der Waals surface area contributed by atoms with Crippen molar-refractivity contribution in [3.05, 3.63) is 64.7 Å². The van der Waals surface area contributed by atoms with Crippen LogP contribution in [0.4, 0.5) is 0 Å². The summed E-state index contributed by atoms with van der Waals surface area (Å²) >= 11 is 0. The van der Waals surface area contributed by atoms with Gasteiger partial charge in [-0.05, 0) is 62.6 Å². The molecule has 1 unspecified atom stereocenters. The molecule has 0 bridgehead atoms. The standard InChI is InChI=1S/C31H43N3O4/c1-5-8-9-10-11-17-29(35)33(22-14-23-37-4)28(6-2)30-32-27-16-13-12-15-26(27)31(36)34(30)24-18-20-25(21-19-24)38-7-3/h12-13,15-16,18-21,28H,5-11,14,17,22-23H2,1-4H3. The van der Waals surface area contributed by atoms with Gasteiger partial charge in [-0.25, -0.2) is 4.98 Å². The van der Waals surface area contributed by atoms with Gasteiger partial charge in [0.25, 0.3) is 5.56 Å². The highest BCUT2D eigenvalue weighted by Gasteiger charge is 2.28. The molecule has 206 valence electrons.